The standard InChI is InChI=1S/C24H24BrCl2N3O3/c1-24(2,3)29(4)23(31)21-16-6-7-33-19-12-20(32-5)18(25)11-17(19)22(16)30(28-21)15-9-13(26)8-14(27)10-15/h8-12H,6-7H2,1-5H3. The summed E-state index contributed by atoms with van der Waals surface area (Å²) in [7, 11) is 3.39. The topological polar surface area (TPSA) is 56.6 Å². The van der Waals surface area contributed by atoms with E-state index in [9.17, 15) is 4.79 Å². The summed E-state index contributed by atoms with van der Waals surface area (Å²) in [6, 6.07) is 8.95. The van der Waals surface area contributed by atoms with Crippen LogP contribution in [0.5, 0.6) is 11.5 Å². The summed E-state index contributed by atoms with van der Waals surface area (Å²) >= 11 is 16.2. The smallest absolute Gasteiger partial charge is 0.274 e. The number of methoxy groups -OCH3 is 1. The fourth-order valence-corrected chi connectivity index (χ4v) is 4.73. The molecule has 6 nitrogen and oxygen atoms in total. The Morgan fingerprint density at radius 3 is 2.45 bits per heavy atom. The van der Waals surface area contributed by atoms with Crippen LogP contribution in [0, 0.1) is 0 Å². The number of halogens is 3. The quantitative estimate of drug-likeness (QED) is 0.376. The number of amides is 1. The van der Waals surface area contributed by atoms with Gasteiger partial charge in [0.25, 0.3) is 5.91 Å². The van der Waals surface area contributed by atoms with Gasteiger partial charge in [0.05, 0.1) is 29.6 Å². The average molecular weight is 553 g/mol. The zero-order chi connectivity index (χ0) is 24.1. The van der Waals surface area contributed by atoms with E-state index in [1.807, 2.05) is 32.9 Å². The Bertz CT molecular complexity index is 1230. The summed E-state index contributed by atoms with van der Waals surface area (Å²) in [6.45, 7) is 6.35. The van der Waals surface area contributed by atoms with Crippen molar-refractivity contribution in [1.82, 2.24) is 14.7 Å². The third-order valence-electron chi connectivity index (χ3n) is 5.71. The second-order valence-electron chi connectivity index (χ2n) is 8.83. The summed E-state index contributed by atoms with van der Waals surface area (Å²) in [4.78, 5) is 15.3. The van der Waals surface area contributed by atoms with Gasteiger partial charge in [-0.3, -0.25) is 4.79 Å². The second kappa shape index (κ2) is 8.85. The molecule has 1 aromatic heterocycles. The van der Waals surface area contributed by atoms with Gasteiger partial charge in [-0.15, -0.1) is 0 Å². The molecule has 0 spiro atoms. The summed E-state index contributed by atoms with van der Waals surface area (Å²) in [5.74, 6) is 1.13. The summed E-state index contributed by atoms with van der Waals surface area (Å²) in [5.41, 5.74) is 3.01. The van der Waals surface area contributed by atoms with Crippen LogP contribution in [0.15, 0.2) is 34.8 Å². The second-order valence-corrected chi connectivity index (χ2v) is 10.6. The van der Waals surface area contributed by atoms with E-state index in [4.69, 9.17) is 37.8 Å². The highest BCUT2D eigenvalue weighted by Gasteiger charge is 2.33. The monoisotopic (exact) mass is 551 g/mol. The van der Waals surface area contributed by atoms with Crippen LogP contribution in [0.4, 0.5) is 0 Å². The third kappa shape index (κ3) is 4.46. The lowest BCUT2D eigenvalue weighted by atomic mass is 10.0. The van der Waals surface area contributed by atoms with Crippen molar-refractivity contribution in [2.75, 3.05) is 20.8 Å². The van der Waals surface area contributed by atoms with E-state index in [1.165, 1.54) is 0 Å². The molecule has 2 aromatic carbocycles. The van der Waals surface area contributed by atoms with Crippen LogP contribution in [0.2, 0.25) is 10.0 Å². The average Bonchev–Trinajstić information content (AvgIpc) is 3.02. The predicted molar refractivity (Wildman–Crippen MR) is 134 cm³/mol. The Labute approximate surface area is 211 Å². The number of benzene rings is 2. The van der Waals surface area contributed by atoms with Gasteiger partial charge in [0, 0.05) is 46.2 Å². The van der Waals surface area contributed by atoms with E-state index < -0.39 is 0 Å². The number of nitrogens with zero attached hydrogens (tertiary/aromatic N) is 3. The summed E-state index contributed by atoms with van der Waals surface area (Å²) in [6.07, 6.45) is 0.511. The Hall–Kier alpha value is -2.22. The first-order chi connectivity index (χ1) is 15.5. The first-order valence-corrected chi connectivity index (χ1v) is 11.9. The SMILES string of the molecule is COc1cc2c(cc1Br)-c1c(c(C(=O)N(C)C(C)(C)C)nn1-c1cc(Cl)cc(Cl)c1)CCO2. The molecule has 1 aliphatic heterocycles. The predicted octanol–water partition coefficient (Wildman–Crippen LogP) is 6.42. The van der Waals surface area contributed by atoms with Crippen LogP contribution in [0.1, 0.15) is 36.8 Å². The van der Waals surface area contributed by atoms with Crippen LogP contribution in [0.25, 0.3) is 16.9 Å². The fraction of sp³-hybridized carbons (Fsp3) is 0.333. The van der Waals surface area contributed by atoms with Gasteiger partial charge in [0.1, 0.15) is 11.5 Å². The van der Waals surface area contributed by atoms with Crippen LogP contribution >= 0.6 is 39.1 Å². The van der Waals surface area contributed by atoms with Gasteiger partial charge in [0.15, 0.2) is 5.69 Å². The van der Waals surface area contributed by atoms with Gasteiger partial charge < -0.3 is 14.4 Å². The van der Waals surface area contributed by atoms with E-state index in [2.05, 4.69) is 15.9 Å². The highest BCUT2D eigenvalue weighted by Crippen LogP contribution is 2.43. The van der Waals surface area contributed by atoms with Crippen LogP contribution < -0.4 is 9.47 Å². The van der Waals surface area contributed by atoms with Gasteiger partial charge in [-0.1, -0.05) is 23.2 Å². The number of aromatic nitrogens is 2. The lowest BCUT2D eigenvalue weighted by Crippen LogP contribution is -2.43. The van der Waals surface area contributed by atoms with E-state index in [0.717, 1.165) is 21.3 Å². The van der Waals surface area contributed by atoms with Gasteiger partial charge in [-0.2, -0.15) is 5.10 Å². The number of rotatable bonds is 3. The van der Waals surface area contributed by atoms with Crippen molar-refractivity contribution in [3.8, 4) is 28.4 Å². The van der Waals surface area contributed by atoms with E-state index in [0.29, 0.717) is 46.0 Å². The minimum atomic E-state index is -0.372. The van der Waals surface area contributed by atoms with Crippen molar-refractivity contribution in [3.63, 3.8) is 0 Å². The fourth-order valence-electron chi connectivity index (χ4n) is 3.71. The molecule has 0 unspecified atom stereocenters. The maximum atomic E-state index is 13.6. The van der Waals surface area contributed by atoms with Crippen molar-refractivity contribution in [2.24, 2.45) is 0 Å². The number of ether oxygens (including phenoxy) is 2. The molecule has 0 bridgehead atoms. The van der Waals surface area contributed by atoms with Crippen LogP contribution in [0.3, 0.4) is 0 Å². The van der Waals surface area contributed by atoms with E-state index in [-0.39, 0.29) is 11.4 Å². The first-order valence-electron chi connectivity index (χ1n) is 10.4. The van der Waals surface area contributed by atoms with Crippen molar-refractivity contribution < 1.29 is 14.3 Å². The van der Waals surface area contributed by atoms with Crippen LogP contribution in [-0.4, -0.2) is 46.9 Å². The molecule has 4 rings (SSSR count). The van der Waals surface area contributed by atoms with Gasteiger partial charge in [-0.25, -0.2) is 4.68 Å². The summed E-state index contributed by atoms with van der Waals surface area (Å²) < 4.78 is 14.0. The Balaban J connectivity index is 2.03. The minimum Gasteiger partial charge on any atom is -0.495 e. The van der Waals surface area contributed by atoms with E-state index in [1.54, 1.807) is 41.9 Å². The zero-order valence-corrected chi connectivity index (χ0v) is 22.1. The molecule has 0 N–H and O–H groups in total. The number of hydrogen-bond acceptors (Lipinski definition) is 4. The third-order valence-corrected chi connectivity index (χ3v) is 6.76. The Morgan fingerprint density at radius 1 is 1.18 bits per heavy atom. The maximum absolute atomic E-state index is 13.6. The largest absolute Gasteiger partial charge is 0.495 e. The number of fused-ring (bicyclic) bond motifs is 3. The Morgan fingerprint density at radius 2 is 1.85 bits per heavy atom. The number of carbonyl (C=O) groups excluding carboxylic acids is 1. The highest BCUT2D eigenvalue weighted by atomic mass is 79.9. The molecule has 0 radical (unpaired) electrons. The van der Waals surface area contributed by atoms with Crippen molar-refractivity contribution >= 4 is 45.0 Å². The molecule has 1 amide bonds. The van der Waals surface area contributed by atoms with Crippen molar-refractivity contribution in [3.05, 3.63) is 56.1 Å². The summed E-state index contributed by atoms with van der Waals surface area (Å²) in [5, 5.41) is 5.75. The minimum absolute atomic E-state index is 0.165. The molecule has 0 fully saturated rings. The van der Waals surface area contributed by atoms with Gasteiger partial charge in [-0.05, 0) is 61.0 Å². The van der Waals surface area contributed by atoms with Crippen LogP contribution in [-0.2, 0) is 6.42 Å². The molecule has 2 heterocycles. The molecule has 174 valence electrons. The van der Waals surface area contributed by atoms with E-state index >= 15 is 0 Å². The molecule has 1 aliphatic rings. The Kier molecular flexibility index (Phi) is 6.42. The molecular weight excluding hydrogens is 529 g/mol. The zero-order valence-electron chi connectivity index (χ0n) is 19.0. The lowest BCUT2D eigenvalue weighted by Gasteiger charge is -2.31. The molecule has 9 heteroatoms. The van der Waals surface area contributed by atoms with Crippen molar-refractivity contribution in [2.45, 2.75) is 32.7 Å². The maximum Gasteiger partial charge on any atom is 0.274 e. The molecule has 0 saturated carbocycles. The number of carbonyl (C=O) groups is 1. The highest BCUT2D eigenvalue weighted by molar-refractivity contribution is 9.10. The number of hydrogen-bond donors (Lipinski definition) is 0. The molecule has 0 atom stereocenters. The van der Waals surface area contributed by atoms with Crippen molar-refractivity contribution in [1.29, 1.82) is 0 Å². The normalized spacial score (nSPS) is 13.0. The van der Waals surface area contributed by atoms with Gasteiger partial charge >= 0.3 is 0 Å². The lowest BCUT2D eigenvalue weighted by molar-refractivity contribution is 0.0648. The molecule has 0 saturated heterocycles. The molecule has 3 aromatic rings. The first kappa shape index (κ1) is 23.9. The molecular formula is C24H24BrCl2N3O3. The molecule has 33 heavy (non-hydrogen) atoms. The molecule has 0 aliphatic carbocycles. The van der Waals surface area contributed by atoms with Gasteiger partial charge in [0.2, 0.25) is 0 Å².